The van der Waals surface area contributed by atoms with Gasteiger partial charge in [-0.2, -0.15) is 0 Å². The molecule has 0 bridgehead atoms. The van der Waals surface area contributed by atoms with Gasteiger partial charge in [0.25, 0.3) is 0 Å². The second-order valence-electron chi connectivity index (χ2n) is 6.50. The number of β-amino-alcohol motifs (C(OH)–C–C–N with tert-alkyl or cyclic N) is 1. The van der Waals surface area contributed by atoms with E-state index < -0.39 is 5.60 Å². The van der Waals surface area contributed by atoms with Crippen molar-refractivity contribution in [2.24, 2.45) is 23.7 Å². The van der Waals surface area contributed by atoms with Crippen LogP contribution in [0.2, 0.25) is 0 Å². The molecule has 0 aromatic rings. The van der Waals surface area contributed by atoms with Crippen LogP contribution >= 0.6 is 0 Å². The Bertz CT molecular complexity index is 233. The summed E-state index contributed by atoms with van der Waals surface area (Å²) in [6.07, 6.45) is 1.40. The molecule has 1 saturated heterocycles. The lowest BCUT2D eigenvalue weighted by molar-refractivity contribution is 0.0402. The standard InChI is InChI=1S/C13H25NO/c1-9-5-11-6-14(8-13(3,4)15)7-12(11)10(9)2/h9-12,15H,5-8H2,1-4H3/t9-,10+,11-,12-/m1/s1. The van der Waals surface area contributed by atoms with Crippen molar-refractivity contribution in [1.82, 2.24) is 4.90 Å². The third-order valence-corrected chi connectivity index (χ3v) is 4.43. The molecule has 15 heavy (non-hydrogen) atoms. The Morgan fingerprint density at radius 3 is 2.47 bits per heavy atom. The first kappa shape index (κ1) is 11.4. The molecule has 1 heterocycles. The van der Waals surface area contributed by atoms with Crippen molar-refractivity contribution >= 4 is 0 Å². The predicted octanol–water partition coefficient (Wildman–Crippen LogP) is 1.98. The van der Waals surface area contributed by atoms with Crippen molar-refractivity contribution < 1.29 is 5.11 Å². The highest BCUT2D eigenvalue weighted by molar-refractivity contribution is 4.95. The fourth-order valence-electron chi connectivity index (χ4n) is 3.62. The Morgan fingerprint density at radius 2 is 1.93 bits per heavy atom. The molecular weight excluding hydrogens is 186 g/mol. The molecule has 1 saturated carbocycles. The average molecular weight is 211 g/mol. The maximum Gasteiger partial charge on any atom is 0.0718 e. The Balaban J connectivity index is 1.92. The molecule has 88 valence electrons. The molecule has 1 aliphatic heterocycles. The molecule has 0 radical (unpaired) electrons. The third kappa shape index (κ3) is 2.36. The van der Waals surface area contributed by atoms with Crippen molar-refractivity contribution in [3.63, 3.8) is 0 Å². The average Bonchev–Trinajstić information content (AvgIpc) is 2.52. The Labute approximate surface area is 93.7 Å². The summed E-state index contributed by atoms with van der Waals surface area (Å²) >= 11 is 0. The maximum atomic E-state index is 9.82. The van der Waals surface area contributed by atoms with Crippen molar-refractivity contribution in [3.05, 3.63) is 0 Å². The lowest BCUT2D eigenvalue weighted by Gasteiger charge is -2.27. The largest absolute Gasteiger partial charge is 0.389 e. The van der Waals surface area contributed by atoms with E-state index in [9.17, 15) is 5.11 Å². The first-order chi connectivity index (χ1) is 6.87. The number of aliphatic hydroxyl groups is 1. The molecule has 2 aliphatic rings. The fraction of sp³-hybridized carbons (Fsp3) is 1.00. The van der Waals surface area contributed by atoms with E-state index in [4.69, 9.17) is 0 Å². The lowest BCUT2D eigenvalue weighted by atomic mass is 9.91. The van der Waals surface area contributed by atoms with Crippen LogP contribution in [-0.2, 0) is 0 Å². The van der Waals surface area contributed by atoms with E-state index in [2.05, 4.69) is 18.7 Å². The zero-order valence-electron chi connectivity index (χ0n) is 10.5. The SMILES string of the molecule is C[C@@H]1[C@H]2CN(CC(C)(C)O)C[C@H]2C[C@H]1C. The second-order valence-corrected chi connectivity index (χ2v) is 6.50. The summed E-state index contributed by atoms with van der Waals surface area (Å²) in [6.45, 7) is 11.9. The van der Waals surface area contributed by atoms with Crippen molar-refractivity contribution in [2.45, 2.75) is 39.7 Å². The van der Waals surface area contributed by atoms with E-state index in [-0.39, 0.29) is 0 Å². The maximum absolute atomic E-state index is 9.82. The van der Waals surface area contributed by atoms with Gasteiger partial charge in [-0.25, -0.2) is 0 Å². The van der Waals surface area contributed by atoms with Crippen molar-refractivity contribution in [1.29, 1.82) is 0 Å². The van der Waals surface area contributed by atoms with Crippen molar-refractivity contribution in [2.75, 3.05) is 19.6 Å². The number of hydrogen-bond acceptors (Lipinski definition) is 2. The van der Waals surface area contributed by atoms with Crippen LogP contribution in [0.5, 0.6) is 0 Å². The van der Waals surface area contributed by atoms with Gasteiger partial charge in [-0.3, -0.25) is 4.90 Å². The molecule has 0 unspecified atom stereocenters. The highest BCUT2D eigenvalue weighted by Gasteiger charge is 2.44. The van der Waals surface area contributed by atoms with Gasteiger partial charge in [-0.1, -0.05) is 13.8 Å². The number of rotatable bonds is 2. The molecule has 2 rings (SSSR count). The Kier molecular flexibility index (Phi) is 2.85. The van der Waals surface area contributed by atoms with Crippen LogP contribution in [0.25, 0.3) is 0 Å². The Morgan fingerprint density at radius 1 is 1.27 bits per heavy atom. The zero-order chi connectivity index (χ0) is 11.2. The molecule has 0 amide bonds. The quantitative estimate of drug-likeness (QED) is 0.755. The highest BCUT2D eigenvalue weighted by Crippen LogP contribution is 2.45. The highest BCUT2D eigenvalue weighted by atomic mass is 16.3. The number of fused-ring (bicyclic) bond motifs is 1. The van der Waals surface area contributed by atoms with Crippen LogP contribution in [0.4, 0.5) is 0 Å². The summed E-state index contributed by atoms with van der Waals surface area (Å²) in [7, 11) is 0. The fourth-order valence-corrected chi connectivity index (χ4v) is 3.62. The first-order valence-electron chi connectivity index (χ1n) is 6.31. The number of likely N-dealkylation sites (tertiary alicyclic amines) is 1. The van der Waals surface area contributed by atoms with Gasteiger partial charge in [-0.05, 0) is 43.9 Å². The molecule has 4 atom stereocenters. The van der Waals surface area contributed by atoms with Gasteiger partial charge in [-0.15, -0.1) is 0 Å². The lowest BCUT2D eigenvalue weighted by Crippen LogP contribution is -2.38. The number of nitrogens with zero attached hydrogens (tertiary/aromatic N) is 1. The summed E-state index contributed by atoms with van der Waals surface area (Å²) in [5.41, 5.74) is -0.534. The van der Waals surface area contributed by atoms with E-state index in [1.54, 1.807) is 0 Å². The van der Waals surface area contributed by atoms with Crippen LogP contribution in [0.1, 0.15) is 34.1 Å². The molecule has 2 fully saturated rings. The minimum Gasteiger partial charge on any atom is -0.389 e. The first-order valence-corrected chi connectivity index (χ1v) is 6.31. The molecule has 1 N–H and O–H groups in total. The molecule has 2 nitrogen and oxygen atoms in total. The Hall–Kier alpha value is -0.0800. The van der Waals surface area contributed by atoms with E-state index in [1.807, 2.05) is 13.8 Å². The van der Waals surface area contributed by atoms with E-state index in [0.717, 1.165) is 30.2 Å². The molecule has 0 aromatic heterocycles. The van der Waals surface area contributed by atoms with E-state index >= 15 is 0 Å². The minimum absolute atomic E-state index is 0.534. The third-order valence-electron chi connectivity index (χ3n) is 4.43. The van der Waals surface area contributed by atoms with Crippen LogP contribution < -0.4 is 0 Å². The topological polar surface area (TPSA) is 23.5 Å². The smallest absolute Gasteiger partial charge is 0.0718 e. The van der Waals surface area contributed by atoms with Crippen LogP contribution in [-0.4, -0.2) is 35.2 Å². The summed E-state index contributed by atoms with van der Waals surface area (Å²) in [4.78, 5) is 2.46. The summed E-state index contributed by atoms with van der Waals surface area (Å²) in [5, 5.41) is 9.82. The van der Waals surface area contributed by atoms with Crippen LogP contribution in [0.3, 0.4) is 0 Å². The molecule has 0 spiro atoms. The van der Waals surface area contributed by atoms with Crippen LogP contribution in [0, 0.1) is 23.7 Å². The van der Waals surface area contributed by atoms with Gasteiger partial charge in [0.2, 0.25) is 0 Å². The summed E-state index contributed by atoms with van der Waals surface area (Å²) in [6, 6.07) is 0. The van der Waals surface area contributed by atoms with Gasteiger partial charge in [0, 0.05) is 19.6 Å². The van der Waals surface area contributed by atoms with E-state index in [0.29, 0.717) is 0 Å². The summed E-state index contributed by atoms with van der Waals surface area (Å²) < 4.78 is 0. The minimum atomic E-state index is -0.534. The van der Waals surface area contributed by atoms with Crippen LogP contribution in [0.15, 0.2) is 0 Å². The van der Waals surface area contributed by atoms with Gasteiger partial charge < -0.3 is 5.11 Å². The second kappa shape index (κ2) is 3.74. The zero-order valence-corrected chi connectivity index (χ0v) is 10.5. The number of hydrogen-bond donors (Lipinski definition) is 1. The molecule has 2 heteroatoms. The predicted molar refractivity (Wildman–Crippen MR) is 62.7 cm³/mol. The van der Waals surface area contributed by atoms with E-state index in [1.165, 1.54) is 19.5 Å². The summed E-state index contributed by atoms with van der Waals surface area (Å²) in [5.74, 6) is 3.57. The van der Waals surface area contributed by atoms with Gasteiger partial charge in [0.15, 0.2) is 0 Å². The normalized spacial score (nSPS) is 42.2. The molecule has 1 aliphatic carbocycles. The monoisotopic (exact) mass is 211 g/mol. The molecule has 0 aromatic carbocycles. The van der Waals surface area contributed by atoms with Gasteiger partial charge in [0.05, 0.1) is 5.60 Å². The van der Waals surface area contributed by atoms with Gasteiger partial charge in [0.1, 0.15) is 0 Å². The van der Waals surface area contributed by atoms with Crippen molar-refractivity contribution in [3.8, 4) is 0 Å². The molecular formula is C13H25NO. The van der Waals surface area contributed by atoms with Gasteiger partial charge >= 0.3 is 0 Å².